The average Bonchev–Trinajstić information content (AvgIpc) is 3.47. The van der Waals surface area contributed by atoms with Gasteiger partial charge in [-0.05, 0) is 48.9 Å². The summed E-state index contributed by atoms with van der Waals surface area (Å²) in [5.41, 5.74) is -0.105. The van der Waals surface area contributed by atoms with E-state index in [1.54, 1.807) is 17.0 Å². The molecular formula is C25H28F3N3O3. The van der Waals surface area contributed by atoms with Gasteiger partial charge in [-0.15, -0.1) is 0 Å². The zero-order valence-electron chi connectivity index (χ0n) is 19.2. The molecule has 1 aromatic carbocycles. The summed E-state index contributed by atoms with van der Waals surface area (Å²) in [5.74, 6) is -0.342. The van der Waals surface area contributed by atoms with Crippen molar-refractivity contribution in [1.29, 1.82) is 0 Å². The number of amides is 2. The summed E-state index contributed by atoms with van der Waals surface area (Å²) in [6, 6.07) is 11.5. The van der Waals surface area contributed by atoms with Crippen molar-refractivity contribution in [1.82, 2.24) is 14.4 Å². The van der Waals surface area contributed by atoms with Crippen molar-refractivity contribution in [3.63, 3.8) is 0 Å². The number of aromatic nitrogens is 1. The van der Waals surface area contributed by atoms with Crippen LogP contribution in [0.15, 0.2) is 65.4 Å². The quantitative estimate of drug-likeness (QED) is 0.410. The third-order valence-electron chi connectivity index (χ3n) is 5.52. The van der Waals surface area contributed by atoms with Gasteiger partial charge < -0.3 is 18.8 Å². The molecule has 2 amide bonds. The molecule has 0 bridgehead atoms. The van der Waals surface area contributed by atoms with Gasteiger partial charge in [-0.1, -0.05) is 19.4 Å². The third-order valence-corrected chi connectivity index (χ3v) is 5.52. The van der Waals surface area contributed by atoms with Crippen molar-refractivity contribution >= 4 is 11.8 Å². The Morgan fingerprint density at radius 2 is 1.82 bits per heavy atom. The van der Waals surface area contributed by atoms with E-state index in [2.05, 4.69) is 0 Å². The zero-order chi connectivity index (χ0) is 24.7. The average molecular weight is 476 g/mol. The summed E-state index contributed by atoms with van der Waals surface area (Å²) in [6.45, 7) is 2.45. The Kier molecular flexibility index (Phi) is 8.20. The van der Waals surface area contributed by atoms with Crippen molar-refractivity contribution in [2.75, 3.05) is 13.1 Å². The molecule has 0 aliphatic heterocycles. The molecular weight excluding hydrogens is 447 g/mol. The van der Waals surface area contributed by atoms with Gasteiger partial charge in [-0.25, -0.2) is 0 Å². The fourth-order valence-electron chi connectivity index (χ4n) is 3.55. The maximum Gasteiger partial charge on any atom is 0.416 e. The van der Waals surface area contributed by atoms with E-state index in [1.807, 2.05) is 36.9 Å². The highest BCUT2D eigenvalue weighted by Crippen LogP contribution is 2.29. The smallest absolute Gasteiger partial charge is 0.416 e. The van der Waals surface area contributed by atoms with Gasteiger partial charge in [-0.2, -0.15) is 13.2 Å². The van der Waals surface area contributed by atoms with Gasteiger partial charge in [0, 0.05) is 31.0 Å². The van der Waals surface area contributed by atoms with E-state index in [9.17, 15) is 22.8 Å². The molecule has 0 unspecified atom stereocenters. The molecule has 9 heteroatoms. The van der Waals surface area contributed by atoms with Crippen LogP contribution in [0.25, 0.3) is 0 Å². The normalized spacial score (nSPS) is 11.4. The molecule has 2 aromatic heterocycles. The Balaban J connectivity index is 1.82. The summed E-state index contributed by atoms with van der Waals surface area (Å²) in [4.78, 5) is 29.4. The minimum absolute atomic E-state index is 0.0984. The molecule has 6 nitrogen and oxygen atoms in total. The first kappa shape index (κ1) is 25.1. The molecule has 0 fully saturated rings. The van der Waals surface area contributed by atoms with Crippen LogP contribution < -0.4 is 0 Å². The Morgan fingerprint density at radius 1 is 1.03 bits per heavy atom. The van der Waals surface area contributed by atoms with Crippen molar-refractivity contribution in [2.45, 2.75) is 39.0 Å². The molecule has 3 aromatic rings. The summed E-state index contributed by atoms with van der Waals surface area (Å²) in [6.07, 6.45) is 0.212. The highest BCUT2D eigenvalue weighted by molar-refractivity contribution is 5.96. The van der Waals surface area contributed by atoms with Crippen LogP contribution in [0.2, 0.25) is 0 Å². The molecule has 2 heterocycles. The largest absolute Gasteiger partial charge is 0.467 e. The molecule has 0 aliphatic carbocycles. The number of halogens is 3. The van der Waals surface area contributed by atoms with Gasteiger partial charge in [-0.3, -0.25) is 9.59 Å². The van der Waals surface area contributed by atoms with Crippen molar-refractivity contribution < 1.29 is 27.2 Å². The first-order chi connectivity index (χ1) is 16.2. The van der Waals surface area contributed by atoms with Crippen LogP contribution in [0.1, 0.15) is 47.1 Å². The lowest BCUT2D eigenvalue weighted by molar-refractivity contribution is -0.137. The van der Waals surface area contributed by atoms with E-state index in [1.165, 1.54) is 23.3 Å². The van der Waals surface area contributed by atoms with E-state index in [0.717, 1.165) is 24.2 Å². The zero-order valence-corrected chi connectivity index (χ0v) is 19.2. The lowest BCUT2D eigenvalue weighted by Gasteiger charge is -2.27. The Morgan fingerprint density at radius 3 is 2.44 bits per heavy atom. The highest BCUT2D eigenvalue weighted by Gasteiger charge is 2.31. The summed E-state index contributed by atoms with van der Waals surface area (Å²) >= 11 is 0. The SMILES string of the molecule is CCCCN(CC(=O)N(Cc1ccco1)Cc1cccn1C)C(=O)c1cccc(C(F)(F)F)c1. The number of rotatable bonds is 10. The number of hydrogen-bond acceptors (Lipinski definition) is 3. The second kappa shape index (κ2) is 11.1. The summed E-state index contributed by atoms with van der Waals surface area (Å²) in [5, 5.41) is 0. The first-order valence-electron chi connectivity index (χ1n) is 11.1. The first-order valence-corrected chi connectivity index (χ1v) is 11.1. The van der Waals surface area contributed by atoms with Crippen molar-refractivity contribution in [3.8, 4) is 0 Å². The maximum atomic E-state index is 13.3. The van der Waals surface area contributed by atoms with E-state index in [0.29, 0.717) is 18.7 Å². The topological polar surface area (TPSA) is 58.7 Å². The van der Waals surface area contributed by atoms with Crippen LogP contribution in [0.4, 0.5) is 13.2 Å². The molecule has 0 atom stereocenters. The second-order valence-corrected chi connectivity index (χ2v) is 8.10. The number of furan rings is 1. The Hall–Kier alpha value is -3.49. The van der Waals surface area contributed by atoms with E-state index < -0.39 is 17.6 Å². The molecule has 0 radical (unpaired) electrons. The number of carbonyl (C=O) groups excluding carboxylic acids is 2. The Labute approximate surface area is 196 Å². The number of carbonyl (C=O) groups is 2. The standard InChI is InChI=1S/C25H28F3N3O3/c1-3-4-13-30(24(33)19-8-5-9-20(15-19)25(26,27)28)18-23(32)31(17-22-11-7-14-34-22)16-21-10-6-12-29(21)2/h5-12,14-15H,3-4,13,16-18H2,1-2H3. The van der Waals surface area contributed by atoms with E-state index >= 15 is 0 Å². The van der Waals surface area contributed by atoms with Crippen molar-refractivity contribution in [2.24, 2.45) is 7.05 Å². The molecule has 0 spiro atoms. The molecule has 182 valence electrons. The second-order valence-electron chi connectivity index (χ2n) is 8.10. The molecule has 0 saturated heterocycles. The minimum Gasteiger partial charge on any atom is -0.467 e. The molecule has 34 heavy (non-hydrogen) atoms. The number of unbranched alkanes of at least 4 members (excludes halogenated alkanes) is 1. The van der Waals surface area contributed by atoms with E-state index in [-0.39, 0.29) is 31.1 Å². The number of hydrogen-bond donors (Lipinski definition) is 0. The Bertz CT molecular complexity index is 1090. The van der Waals surface area contributed by atoms with Gasteiger partial charge >= 0.3 is 6.18 Å². The fraction of sp³-hybridized carbons (Fsp3) is 0.360. The monoisotopic (exact) mass is 475 g/mol. The summed E-state index contributed by atoms with van der Waals surface area (Å²) in [7, 11) is 1.87. The van der Waals surface area contributed by atoms with Gasteiger partial charge in [0.05, 0.1) is 24.9 Å². The van der Waals surface area contributed by atoms with E-state index in [4.69, 9.17) is 4.42 Å². The van der Waals surface area contributed by atoms with Gasteiger partial charge in [0.15, 0.2) is 0 Å². The number of alkyl halides is 3. The fourth-order valence-corrected chi connectivity index (χ4v) is 3.55. The predicted octanol–water partition coefficient (Wildman–Crippen LogP) is 5.11. The van der Waals surface area contributed by atoms with Crippen LogP contribution >= 0.6 is 0 Å². The number of benzene rings is 1. The van der Waals surface area contributed by atoms with Crippen LogP contribution in [0.3, 0.4) is 0 Å². The number of nitrogens with zero attached hydrogens (tertiary/aromatic N) is 3. The molecule has 0 N–H and O–H groups in total. The van der Waals surface area contributed by atoms with Crippen LogP contribution in [-0.4, -0.2) is 39.3 Å². The predicted molar refractivity (Wildman–Crippen MR) is 121 cm³/mol. The van der Waals surface area contributed by atoms with Crippen LogP contribution in [0, 0.1) is 0 Å². The number of aryl methyl sites for hydroxylation is 1. The minimum atomic E-state index is -4.56. The lowest BCUT2D eigenvalue weighted by Crippen LogP contribution is -2.43. The molecule has 0 aliphatic rings. The summed E-state index contributed by atoms with van der Waals surface area (Å²) < 4.78 is 46.7. The third kappa shape index (κ3) is 6.52. The molecule has 3 rings (SSSR count). The lowest BCUT2D eigenvalue weighted by atomic mass is 10.1. The van der Waals surface area contributed by atoms with Crippen LogP contribution in [-0.2, 0) is 31.1 Å². The molecule has 0 saturated carbocycles. The van der Waals surface area contributed by atoms with Gasteiger partial charge in [0.1, 0.15) is 12.3 Å². The van der Waals surface area contributed by atoms with Crippen molar-refractivity contribution in [3.05, 3.63) is 83.6 Å². The maximum absolute atomic E-state index is 13.3. The van der Waals surface area contributed by atoms with Crippen LogP contribution in [0.5, 0.6) is 0 Å². The van der Waals surface area contributed by atoms with Gasteiger partial charge in [0.2, 0.25) is 5.91 Å². The highest BCUT2D eigenvalue weighted by atomic mass is 19.4. The van der Waals surface area contributed by atoms with Gasteiger partial charge in [0.25, 0.3) is 5.91 Å².